The minimum absolute atomic E-state index is 0.314. The zero-order chi connectivity index (χ0) is 15.4. The molecule has 1 aromatic heterocycles. The van der Waals surface area contributed by atoms with Gasteiger partial charge in [-0.2, -0.15) is 0 Å². The van der Waals surface area contributed by atoms with Crippen molar-refractivity contribution in [1.29, 1.82) is 0 Å². The summed E-state index contributed by atoms with van der Waals surface area (Å²) in [5, 5.41) is 2.70. The molecule has 112 valence electrons. The fraction of sp³-hybridized carbons (Fsp3) is 0.167. The Labute approximate surface area is 139 Å². The highest BCUT2D eigenvalue weighted by molar-refractivity contribution is 8.00. The predicted molar refractivity (Wildman–Crippen MR) is 97.4 cm³/mol. The maximum absolute atomic E-state index is 5.93. The van der Waals surface area contributed by atoms with Gasteiger partial charge in [0, 0.05) is 5.38 Å². The second-order valence-electron chi connectivity index (χ2n) is 4.92. The van der Waals surface area contributed by atoms with Crippen molar-refractivity contribution < 1.29 is 0 Å². The van der Waals surface area contributed by atoms with E-state index in [-0.39, 0.29) is 4.75 Å². The summed E-state index contributed by atoms with van der Waals surface area (Å²) in [4.78, 5) is 4.63. The van der Waals surface area contributed by atoms with Crippen LogP contribution in [0.25, 0.3) is 0 Å². The van der Waals surface area contributed by atoms with Crippen LogP contribution in [0.4, 0.5) is 5.13 Å². The third kappa shape index (κ3) is 2.64. The Morgan fingerprint density at radius 3 is 1.95 bits per heavy atom. The molecule has 0 aliphatic rings. The average molecular weight is 326 g/mol. The zero-order valence-corrected chi connectivity index (χ0v) is 14.0. The first-order valence-corrected chi connectivity index (χ1v) is 9.10. The summed E-state index contributed by atoms with van der Waals surface area (Å²) in [6.07, 6.45) is 0. The van der Waals surface area contributed by atoms with E-state index in [1.807, 2.05) is 23.9 Å². The van der Waals surface area contributed by atoms with Crippen LogP contribution in [0.1, 0.15) is 23.7 Å². The van der Waals surface area contributed by atoms with Gasteiger partial charge in [0.25, 0.3) is 0 Å². The number of aromatic nitrogens is 1. The molecule has 0 radical (unpaired) electrons. The summed E-state index contributed by atoms with van der Waals surface area (Å²) in [5.41, 5.74) is 9.41. The van der Waals surface area contributed by atoms with Crippen LogP contribution in [-0.4, -0.2) is 10.7 Å². The topological polar surface area (TPSA) is 38.9 Å². The van der Waals surface area contributed by atoms with Gasteiger partial charge in [0.15, 0.2) is 5.13 Å². The third-order valence-corrected chi connectivity index (χ3v) is 5.68. The van der Waals surface area contributed by atoms with Gasteiger partial charge in [0.1, 0.15) is 4.75 Å². The van der Waals surface area contributed by atoms with Crippen molar-refractivity contribution in [1.82, 2.24) is 4.98 Å². The summed E-state index contributed by atoms with van der Waals surface area (Å²) in [6.45, 7) is 2.18. The van der Waals surface area contributed by atoms with Crippen LogP contribution in [0.3, 0.4) is 0 Å². The molecule has 2 aromatic carbocycles. The van der Waals surface area contributed by atoms with Crippen molar-refractivity contribution in [3.63, 3.8) is 0 Å². The van der Waals surface area contributed by atoms with E-state index in [1.54, 1.807) is 0 Å². The van der Waals surface area contributed by atoms with Gasteiger partial charge in [-0.15, -0.1) is 23.1 Å². The number of rotatable bonds is 5. The fourth-order valence-corrected chi connectivity index (χ4v) is 4.69. The van der Waals surface area contributed by atoms with E-state index in [0.717, 1.165) is 11.4 Å². The maximum Gasteiger partial charge on any atom is 0.180 e. The standard InChI is InChI=1S/C18H18N2S2/c1-2-22-18(14-9-5-3-6-10-14,15-11-7-4-8-12-15)16-13-21-17(19)20-16/h3-13H,2H2,1H3,(H2,19,20). The van der Waals surface area contributed by atoms with Crippen molar-refractivity contribution in [2.75, 3.05) is 11.5 Å². The van der Waals surface area contributed by atoms with Crippen molar-refractivity contribution in [3.8, 4) is 0 Å². The van der Waals surface area contributed by atoms with Gasteiger partial charge >= 0.3 is 0 Å². The summed E-state index contributed by atoms with van der Waals surface area (Å²) < 4.78 is -0.314. The smallest absolute Gasteiger partial charge is 0.180 e. The predicted octanol–water partition coefficient (Wildman–Crippen LogP) is 4.77. The molecule has 0 unspecified atom stereocenters. The molecule has 22 heavy (non-hydrogen) atoms. The highest BCUT2D eigenvalue weighted by Gasteiger charge is 2.38. The molecule has 1 heterocycles. The Hall–Kier alpha value is -1.78. The normalized spacial score (nSPS) is 11.5. The van der Waals surface area contributed by atoms with Crippen LogP contribution in [0.2, 0.25) is 0 Å². The Morgan fingerprint density at radius 2 is 1.55 bits per heavy atom. The van der Waals surface area contributed by atoms with Gasteiger partial charge < -0.3 is 5.73 Å². The molecule has 2 nitrogen and oxygen atoms in total. The van der Waals surface area contributed by atoms with E-state index in [1.165, 1.54) is 22.5 Å². The minimum atomic E-state index is -0.314. The number of nitrogens with zero attached hydrogens (tertiary/aromatic N) is 1. The molecule has 0 spiro atoms. The van der Waals surface area contributed by atoms with Crippen LogP contribution in [0.15, 0.2) is 66.0 Å². The van der Waals surface area contributed by atoms with Gasteiger partial charge in [0.05, 0.1) is 5.69 Å². The van der Waals surface area contributed by atoms with Gasteiger partial charge in [-0.05, 0) is 16.9 Å². The van der Waals surface area contributed by atoms with Crippen LogP contribution < -0.4 is 5.73 Å². The number of benzene rings is 2. The SMILES string of the molecule is CCSC(c1ccccc1)(c1ccccc1)c1csc(N)n1. The molecule has 0 aliphatic carbocycles. The van der Waals surface area contributed by atoms with Crippen molar-refractivity contribution in [2.24, 2.45) is 0 Å². The van der Waals surface area contributed by atoms with Crippen molar-refractivity contribution >= 4 is 28.2 Å². The second kappa shape index (κ2) is 6.55. The molecule has 0 saturated heterocycles. The molecule has 0 aliphatic heterocycles. The summed E-state index contributed by atoms with van der Waals surface area (Å²) in [7, 11) is 0. The fourth-order valence-electron chi connectivity index (χ4n) is 2.71. The van der Waals surface area contributed by atoms with Crippen LogP contribution in [0, 0.1) is 0 Å². The van der Waals surface area contributed by atoms with E-state index in [4.69, 9.17) is 5.73 Å². The van der Waals surface area contributed by atoms with Gasteiger partial charge in [-0.1, -0.05) is 67.6 Å². The molecule has 3 aromatic rings. The van der Waals surface area contributed by atoms with E-state index >= 15 is 0 Å². The second-order valence-corrected chi connectivity index (χ2v) is 7.29. The number of nitrogens with two attached hydrogens (primary N) is 1. The summed E-state index contributed by atoms with van der Waals surface area (Å²) in [6, 6.07) is 21.1. The Kier molecular flexibility index (Phi) is 4.50. The number of hydrogen-bond acceptors (Lipinski definition) is 4. The first kappa shape index (κ1) is 15.1. The van der Waals surface area contributed by atoms with E-state index < -0.39 is 0 Å². The molecule has 0 saturated carbocycles. The van der Waals surface area contributed by atoms with E-state index in [0.29, 0.717) is 5.13 Å². The van der Waals surface area contributed by atoms with E-state index in [9.17, 15) is 0 Å². The molecule has 3 rings (SSSR count). The highest BCUT2D eigenvalue weighted by atomic mass is 32.2. The summed E-state index contributed by atoms with van der Waals surface area (Å²) >= 11 is 3.38. The van der Waals surface area contributed by atoms with Gasteiger partial charge in [-0.3, -0.25) is 0 Å². The lowest BCUT2D eigenvalue weighted by molar-refractivity contribution is 0.860. The van der Waals surface area contributed by atoms with Crippen LogP contribution >= 0.6 is 23.1 Å². The number of anilines is 1. The lowest BCUT2D eigenvalue weighted by Crippen LogP contribution is -2.26. The number of nitrogen functional groups attached to an aromatic ring is 1. The average Bonchev–Trinajstić information content (AvgIpc) is 3.01. The molecule has 0 atom stereocenters. The Balaban J connectivity index is 2.28. The van der Waals surface area contributed by atoms with Gasteiger partial charge in [-0.25, -0.2) is 4.98 Å². The number of thioether (sulfide) groups is 1. The molecule has 0 bridgehead atoms. The molecular formula is C18H18N2S2. The number of hydrogen-bond donors (Lipinski definition) is 1. The first-order chi connectivity index (χ1) is 10.8. The minimum Gasteiger partial charge on any atom is -0.375 e. The summed E-state index contributed by atoms with van der Waals surface area (Å²) in [5.74, 6) is 0.987. The molecule has 0 fully saturated rings. The molecule has 2 N–H and O–H groups in total. The lowest BCUT2D eigenvalue weighted by Gasteiger charge is -2.33. The van der Waals surface area contributed by atoms with E-state index in [2.05, 4.69) is 65.8 Å². The van der Waals surface area contributed by atoms with Crippen molar-refractivity contribution in [3.05, 3.63) is 82.9 Å². The maximum atomic E-state index is 5.93. The zero-order valence-electron chi connectivity index (χ0n) is 12.4. The largest absolute Gasteiger partial charge is 0.375 e. The molecular weight excluding hydrogens is 308 g/mol. The lowest BCUT2D eigenvalue weighted by atomic mass is 9.88. The van der Waals surface area contributed by atoms with Crippen LogP contribution in [0.5, 0.6) is 0 Å². The Bertz CT molecular complexity index is 684. The van der Waals surface area contributed by atoms with Crippen molar-refractivity contribution in [2.45, 2.75) is 11.7 Å². The van der Waals surface area contributed by atoms with Crippen LogP contribution in [-0.2, 0) is 4.75 Å². The quantitative estimate of drug-likeness (QED) is 0.734. The molecule has 4 heteroatoms. The Morgan fingerprint density at radius 1 is 1.00 bits per heavy atom. The monoisotopic (exact) mass is 326 g/mol. The number of thiazole rings is 1. The third-order valence-electron chi connectivity index (χ3n) is 3.60. The first-order valence-electron chi connectivity index (χ1n) is 7.24. The highest BCUT2D eigenvalue weighted by Crippen LogP contribution is 2.48. The van der Waals surface area contributed by atoms with Gasteiger partial charge in [0.2, 0.25) is 0 Å². The molecule has 0 amide bonds.